The van der Waals surface area contributed by atoms with Crippen molar-refractivity contribution in [1.82, 2.24) is 0 Å². The Morgan fingerprint density at radius 3 is 2.94 bits per heavy atom. The first-order chi connectivity index (χ1) is 7.63. The molecule has 0 bridgehead atoms. The topological polar surface area (TPSA) is 73.3 Å². The number of rotatable bonds is 2. The normalized spacial score (nSPS) is 19.0. The Hall–Kier alpha value is -1.42. The van der Waals surface area contributed by atoms with Gasteiger partial charge in [0.25, 0.3) is 0 Å². The first-order valence-electron chi connectivity index (χ1n) is 5.66. The van der Waals surface area contributed by atoms with Crippen LogP contribution in [0.15, 0.2) is 6.07 Å². The maximum Gasteiger partial charge on any atom is 0.0789 e. The van der Waals surface area contributed by atoms with E-state index in [4.69, 9.17) is 16.2 Å². The van der Waals surface area contributed by atoms with Gasteiger partial charge in [-0.1, -0.05) is 0 Å². The van der Waals surface area contributed by atoms with Gasteiger partial charge >= 0.3 is 0 Å². The molecule has 5 N–H and O–H groups in total. The molecule has 4 heteroatoms. The predicted octanol–water partition coefficient (Wildman–Crippen LogP) is 1.53. The fourth-order valence-electron chi connectivity index (χ4n) is 2.22. The smallest absolute Gasteiger partial charge is 0.0789 e. The molecule has 0 radical (unpaired) electrons. The van der Waals surface area contributed by atoms with Gasteiger partial charge in [-0.25, -0.2) is 0 Å². The van der Waals surface area contributed by atoms with E-state index in [1.54, 1.807) is 0 Å². The van der Waals surface area contributed by atoms with Crippen molar-refractivity contribution in [2.24, 2.45) is 0 Å². The van der Waals surface area contributed by atoms with Gasteiger partial charge in [0.1, 0.15) is 0 Å². The average Bonchev–Trinajstić information content (AvgIpc) is 2.26. The van der Waals surface area contributed by atoms with Crippen molar-refractivity contribution in [2.75, 3.05) is 29.9 Å². The lowest BCUT2D eigenvalue weighted by atomic mass is 9.95. The van der Waals surface area contributed by atoms with Crippen LogP contribution in [0.2, 0.25) is 0 Å². The minimum absolute atomic E-state index is 0.195. The lowest BCUT2D eigenvalue weighted by Crippen LogP contribution is -2.31. The third kappa shape index (κ3) is 1.80. The van der Waals surface area contributed by atoms with Crippen LogP contribution in [0.3, 0.4) is 0 Å². The molecule has 0 amide bonds. The highest BCUT2D eigenvalue weighted by Gasteiger charge is 2.22. The number of ether oxygens (including phenoxy) is 1. The summed E-state index contributed by atoms with van der Waals surface area (Å²) >= 11 is 0. The summed E-state index contributed by atoms with van der Waals surface area (Å²) in [6, 6.07) is 1.92. The number of anilines is 3. The molecule has 1 atom stereocenters. The van der Waals surface area contributed by atoms with Crippen LogP contribution in [-0.4, -0.2) is 19.3 Å². The average molecular weight is 221 g/mol. The second-order valence-corrected chi connectivity index (χ2v) is 4.21. The molecule has 4 nitrogen and oxygen atoms in total. The molecule has 0 fully saturated rings. The van der Waals surface area contributed by atoms with Crippen LogP contribution in [0, 0.1) is 6.92 Å². The van der Waals surface area contributed by atoms with Crippen molar-refractivity contribution < 1.29 is 4.74 Å². The van der Waals surface area contributed by atoms with Gasteiger partial charge in [-0.15, -0.1) is 0 Å². The molecule has 0 aromatic heterocycles. The van der Waals surface area contributed by atoms with E-state index in [-0.39, 0.29) is 6.10 Å². The number of nitrogen functional groups attached to an aromatic ring is 2. The largest absolute Gasteiger partial charge is 0.398 e. The highest BCUT2D eigenvalue weighted by Crippen LogP contribution is 2.35. The van der Waals surface area contributed by atoms with Crippen molar-refractivity contribution >= 4 is 17.1 Å². The van der Waals surface area contributed by atoms with E-state index >= 15 is 0 Å². The summed E-state index contributed by atoms with van der Waals surface area (Å²) in [5, 5.41) is 3.30. The first-order valence-corrected chi connectivity index (χ1v) is 5.66. The number of nitrogens with one attached hydrogen (secondary N) is 1. The zero-order valence-corrected chi connectivity index (χ0v) is 9.84. The molecular weight excluding hydrogens is 202 g/mol. The van der Waals surface area contributed by atoms with E-state index in [0.717, 1.165) is 47.8 Å². The molecule has 1 aromatic carbocycles. The summed E-state index contributed by atoms with van der Waals surface area (Å²) in [5.41, 5.74) is 16.8. The van der Waals surface area contributed by atoms with Crippen molar-refractivity contribution in [3.05, 3.63) is 17.2 Å². The van der Waals surface area contributed by atoms with Crippen LogP contribution in [0.4, 0.5) is 17.1 Å². The number of fused-ring (bicyclic) bond motifs is 1. The fraction of sp³-hybridized carbons (Fsp3) is 0.500. The van der Waals surface area contributed by atoms with Crippen LogP contribution in [0.25, 0.3) is 0 Å². The lowest BCUT2D eigenvalue weighted by molar-refractivity contribution is 0.0705. The molecule has 0 aliphatic carbocycles. The zero-order valence-electron chi connectivity index (χ0n) is 9.84. The van der Waals surface area contributed by atoms with Crippen LogP contribution < -0.4 is 16.8 Å². The van der Waals surface area contributed by atoms with Crippen molar-refractivity contribution in [1.29, 1.82) is 0 Å². The summed E-state index contributed by atoms with van der Waals surface area (Å²) in [6.45, 7) is 5.51. The van der Waals surface area contributed by atoms with Gasteiger partial charge in [0.2, 0.25) is 0 Å². The number of aryl methyl sites for hydroxylation is 1. The fourth-order valence-corrected chi connectivity index (χ4v) is 2.22. The minimum Gasteiger partial charge on any atom is -0.398 e. The van der Waals surface area contributed by atoms with E-state index in [1.807, 2.05) is 19.9 Å². The summed E-state index contributed by atoms with van der Waals surface area (Å²) in [6.07, 6.45) is 1.04. The van der Waals surface area contributed by atoms with E-state index < -0.39 is 0 Å². The summed E-state index contributed by atoms with van der Waals surface area (Å²) < 4.78 is 5.62. The number of hydrogen-bond donors (Lipinski definition) is 3. The van der Waals surface area contributed by atoms with Crippen LogP contribution in [-0.2, 0) is 11.2 Å². The molecule has 1 unspecified atom stereocenters. The molecule has 1 aromatic rings. The molecular formula is C12H19N3O. The number of nitrogens with two attached hydrogens (primary N) is 2. The van der Waals surface area contributed by atoms with Gasteiger partial charge in [0.15, 0.2) is 0 Å². The number of hydrogen-bond acceptors (Lipinski definition) is 4. The molecule has 88 valence electrons. The SMILES string of the molecule is CCOC1CNc2c(N)cc(C)c(N)c2C1. The Labute approximate surface area is 96.0 Å². The molecule has 0 spiro atoms. The highest BCUT2D eigenvalue weighted by molar-refractivity contribution is 5.80. The third-order valence-corrected chi connectivity index (χ3v) is 3.05. The van der Waals surface area contributed by atoms with E-state index in [0.29, 0.717) is 0 Å². The summed E-state index contributed by atoms with van der Waals surface area (Å²) in [7, 11) is 0. The maximum atomic E-state index is 6.08. The molecule has 0 saturated carbocycles. The highest BCUT2D eigenvalue weighted by atomic mass is 16.5. The Morgan fingerprint density at radius 2 is 2.25 bits per heavy atom. The third-order valence-electron chi connectivity index (χ3n) is 3.05. The standard InChI is InChI=1S/C12H19N3O/c1-3-16-8-5-9-11(14)7(2)4-10(13)12(9)15-6-8/h4,8,15H,3,5-6,13-14H2,1-2H3. The molecule has 1 aliphatic heterocycles. The lowest BCUT2D eigenvalue weighted by Gasteiger charge is -2.28. The summed E-state index contributed by atoms with van der Waals surface area (Å²) in [4.78, 5) is 0. The minimum atomic E-state index is 0.195. The molecule has 1 aliphatic rings. The first kappa shape index (κ1) is 11.1. The van der Waals surface area contributed by atoms with Gasteiger partial charge in [0.05, 0.1) is 17.5 Å². The van der Waals surface area contributed by atoms with Crippen LogP contribution in [0.1, 0.15) is 18.1 Å². The Morgan fingerprint density at radius 1 is 1.50 bits per heavy atom. The quantitative estimate of drug-likeness (QED) is 0.662. The second kappa shape index (κ2) is 4.22. The van der Waals surface area contributed by atoms with Crippen LogP contribution in [0.5, 0.6) is 0 Å². The number of benzene rings is 1. The van der Waals surface area contributed by atoms with Gasteiger partial charge < -0.3 is 21.5 Å². The van der Waals surface area contributed by atoms with E-state index in [9.17, 15) is 0 Å². The molecule has 1 heterocycles. The van der Waals surface area contributed by atoms with E-state index in [2.05, 4.69) is 5.32 Å². The van der Waals surface area contributed by atoms with E-state index in [1.165, 1.54) is 0 Å². The molecule has 16 heavy (non-hydrogen) atoms. The Bertz CT molecular complexity index is 404. The van der Waals surface area contributed by atoms with Crippen molar-refractivity contribution in [2.45, 2.75) is 26.4 Å². The van der Waals surface area contributed by atoms with Crippen molar-refractivity contribution in [3.63, 3.8) is 0 Å². The van der Waals surface area contributed by atoms with Gasteiger partial charge in [0, 0.05) is 30.8 Å². The predicted molar refractivity (Wildman–Crippen MR) is 67.6 cm³/mol. The Kier molecular flexibility index (Phi) is 2.92. The second-order valence-electron chi connectivity index (χ2n) is 4.21. The summed E-state index contributed by atoms with van der Waals surface area (Å²) in [5.74, 6) is 0. The van der Waals surface area contributed by atoms with Gasteiger partial charge in [-0.05, 0) is 25.5 Å². The Balaban J connectivity index is 2.36. The zero-order chi connectivity index (χ0) is 11.7. The van der Waals surface area contributed by atoms with Crippen LogP contribution >= 0.6 is 0 Å². The van der Waals surface area contributed by atoms with Gasteiger partial charge in [-0.3, -0.25) is 0 Å². The monoisotopic (exact) mass is 221 g/mol. The van der Waals surface area contributed by atoms with Crippen molar-refractivity contribution in [3.8, 4) is 0 Å². The maximum absolute atomic E-state index is 6.08. The molecule has 0 saturated heterocycles. The van der Waals surface area contributed by atoms with Gasteiger partial charge in [-0.2, -0.15) is 0 Å². The molecule has 2 rings (SSSR count).